The van der Waals surface area contributed by atoms with Crippen LogP contribution in [0.1, 0.15) is 16.9 Å². The summed E-state index contributed by atoms with van der Waals surface area (Å²) in [6.45, 7) is 2.77. The number of thiophene rings is 1. The van der Waals surface area contributed by atoms with Gasteiger partial charge in [0.1, 0.15) is 17.0 Å². The summed E-state index contributed by atoms with van der Waals surface area (Å²) < 4.78 is 5.85. The van der Waals surface area contributed by atoms with E-state index in [1.807, 2.05) is 7.05 Å². The van der Waals surface area contributed by atoms with Gasteiger partial charge in [0.05, 0.1) is 24.6 Å². The van der Waals surface area contributed by atoms with Gasteiger partial charge in [0.25, 0.3) is 0 Å². The molecule has 1 aliphatic heterocycles. The number of carboxylic acid groups (broad SMARTS) is 1. The first-order valence-electron chi connectivity index (χ1n) is 8.64. The molecule has 1 fully saturated rings. The van der Waals surface area contributed by atoms with Crippen LogP contribution in [-0.4, -0.2) is 71.9 Å². The summed E-state index contributed by atoms with van der Waals surface area (Å²) in [5, 5.41) is 10.1. The van der Waals surface area contributed by atoms with E-state index < -0.39 is 5.97 Å². The molecule has 0 aromatic carbocycles. The van der Waals surface area contributed by atoms with Gasteiger partial charge in [-0.05, 0) is 31.9 Å². The van der Waals surface area contributed by atoms with Crippen LogP contribution in [0.5, 0.6) is 0 Å². The normalized spacial score (nSPS) is 20.4. The average molecular weight is 362 g/mol. The molecule has 1 saturated heterocycles. The summed E-state index contributed by atoms with van der Waals surface area (Å²) in [7, 11) is 1.81. The zero-order valence-electron chi connectivity index (χ0n) is 14.3. The van der Waals surface area contributed by atoms with Gasteiger partial charge in [-0.1, -0.05) is 0 Å². The van der Waals surface area contributed by atoms with Crippen LogP contribution in [-0.2, 0) is 22.4 Å². The van der Waals surface area contributed by atoms with Gasteiger partial charge in [-0.25, -0.2) is 9.97 Å². The Morgan fingerprint density at radius 1 is 1.48 bits per heavy atom. The van der Waals surface area contributed by atoms with Crippen LogP contribution in [0, 0.1) is 0 Å². The van der Waals surface area contributed by atoms with Crippen molar-refractivity contribution in [2.45, 2.75) is 25.4 Å². The van der Waals surface area contributed by atoms with Gasteiger partial charge in [0.15, 0.2) is 0 Å². The number of hydrogen-bond acceptors (Lipinski definition) is 7. The molecule has 0 bridgehead atoms. The van der Waals surface area contributed by atoms with Crippen molar-refractivity contribution in [2.75, 3.05) is 44.7 Å². The Labute approximate surface area is 150 Å². The highest BCUT2D eigenvalue weighted by Gasteiger charge is 2.27. The second kappa shape index (κ2) is 6.86. The minimum Gasteiger partial charge on any atom is -0.480 e. The summed E-state index contributed by atoms with van der Waals surface area (Å²) in [4.78, 5) is 26.5. The van der Waals surface area contributed by atoms with Crippen LogP contribution in [0.15, 0.2) is 6.33 Å². The molecular formula is C17H22N4O3S. The molecule has 8 heteroatoms. The van der Waals surface area contributed by atoms with Crippen molar-refractivity contribution in [1.29, 1.82) is 0 Å². The molecule has 7 nitrogen and oxygen atoms in total. The zero-order valence-corrected chi connectivity index (χ0v) is 15.1. The molecule has 3 heterocycles. The fourth-order valence-electron chi connectivity index (χ4n) is 3.82. The van der Waals surface area contributed by atoms with E-state index in [0.717, 1.165) is 36.6 Å². The predicted molar refractivity (Wildman–Crippen MR) is 96.5 cm³/mol. The number of anilines is 1. The minimum absolute atomic E-state index is 0.0187. The summed E-state index contributed by atoms with van der Waals surface area (Å²) in [6, 6.07) is 0. The Kier molecular flexibility index (Phi) is 4.58. The highest BCUT2D eigenvalue weighted by atomic mass is 32.1. The van der Waals surface area contributed by atoms with Crippen LogP contribution in [0.25, 0.3) is 10.2 Å². The second-order valence-corrected chi connectivity index (χ2v) is 7.85. The maximum absolute atomic E-state index is 10.9. The molecule has 1 atom stereocenters. The molecule has 0 amide bonds. The number of ether oxygens (including phenoxy) is 1. The molecule has 134 valence electrons. The van der Waals surface area contributed by atoms with Crippen LogP contribution >= 0.6 is 11.3 Å². The van der Waals surface area contributed by atoms with Crippen molar-refractivity contribution in [2.24, 2.45) is 0 Å². The maximum atomic E-state index is 10.9. The van der Waals surface area contributed by atoms with Crippen molar-refractivity contribution in [1.82, 2.24) is 14.9 Å². The summed E-state index contributed by atoms with van der Waals surface area (Å²) in [6.07, 6.45) is 5.13. The number of aliphatic carboxylic acids is 1. The van der Waals surface area contributed by atoms with Gasteiger partial charge >= 0.3 is 5.97 Å². The van der Waals surface area contributed by atoms with E-state index in [1.165, 1.54) is 22.2 Å². The molecule has 2 aromatic rings. The quantitative estimate of drug-likeness (QED) is 0.861. The topological polar surface area (TPSA) is 78.8 Å². The lowest BCUT2D eigenvalue weighted by molar-refractivity contribution is -0.138. The van der Waals surface area contributed by atoms with E-state index in [2.05, 4.69) is 14.9 Å². The molecule has 2 aromatic heterocycles. The first kappa shape index (κ1) is 16.7. The molecule has 4 rings (SSSR count). The van der Waals surface area contributed by atoms with Crippen molar-refractivity contribution in [3.63, 3.8) is 0 Å². The molecule has 2 aliphatic rings. The third-order valence-electron chi connectivity index (χ3n) is 4.84. The van der Waals surface area contributed by atoms with E-state index >= 15 is 0 Å². The van der Waals surface area contributed by atoms with E-state index in [9.17, 15) is 4.79 Å². The van der Waals surface area contributed by atoms with Crippen LogP contribution in [0.2, 0.25) is 0 Å². The SMILES string of the molecule is CN(CC(=O)O)CC1CN(c2ncnc3sc4c(c23)CCC4)CCO1. The van der Waals surface area contributed by atoms with Crippen LogP contribution in [0.3, 0.4) is 0 Å². The van der Waals surface area contributed by atoms with Crippen molar-refractivity contribution < 1.29 is 14.6 Å². The smallest absolute Gasteiger partial charge is 0.317 e. The molecule has 25 heavy (non-hydrogen) atoms. The Bertz CT molecular complexity index is 794. The molecular weight excluding hydrogens is 340 g/mol. The van der Waals surface area contributed by atoms with Gasteiger partial charge in [0.2, 0.25) is 0 Å². The van der Waals surface area contributed by atoms with E-state index in [0.29, 0.717) is 13.2 Å². The fourth-order valence-corrected chi connectivity index (χ4v) is 5.04. The zero-order chi connectivity index (χ0) is 17.4. The standard InChI is InChI=1S/C17H22N4O3S/c1-20(9-14(22)23)7-11-8-21(5-6-24-11)16-15-12-3-2-4-13(12)25-17(15)19-10-18-16/h10-11H,2-9H2,1H3,(H,22,23). The van der Waals surface area contributed by atoms with E-state index in [1.54, 1.807) is 22.6 Å². The van der Waals surface area contributed by atoms with E-state index in [4.69, 9.17) is 9.84 Å². The maximum Gasteiger partial charge on any atom is 0.317 e. The van der Waals surface area contributed by atoms with Gasteiger partial charge in [-0.3, -0.25) is 9.69 Å². The Hall–Kier alpha value is -1.77. The van der Waals surface area contributed by atoms with Crippen molar-refractivity contribution in [3.05, 3.63) is 16.8 Å². The van der Waals surface area contributed by atoms with Crippen molar-refractivity contribution >= 4 is 33.3 Å². The number of carboxylic acids is 1. The molecule has 1 unspecified atom stereocenters. The highest BCUT2D eigenvalue weighted by molar-refractivity contribution is 7.19. The second-order valence-electron chi connectivity index (χ2n) is 6.76. The number of likely N-dealkylation sites (N-methyl/N-ethyl adjacent to an activating group) is 1. The predicted octanol–water partition coefficient (Wildman–Crippen LogP) is 1.40. The first-order valence-corrected chi connectivity index (χ1v) is 9.45. The number of aryl methyl sites for hydroxylation is 2. The van der Waals surface area contributed by atoms with Crippen LogP contribution < -0.4 is 4.90 Å². The number of hydrogen-bond donors (Lipinski definition) is 1. The molecule has 0 spiro atoms. The molecule has 1 aliphatic carbocycles. The van der Waals surface area contributed by atoms with Gasteiger partial charge in [-0.15, -0.1) is 11.3 Å². The summed E-state index contributed by atoms with van der Waals surface area (Å²) in [5.74, 6) is 0.195. The first-order chi connectivity index (χ1) is 12.1. The summed E-state index contributed by atoms with van der Waals surface area (Å²) in [5.41, 5.74) is 1.43. The molecule has 0 radical (unpaired) electrons. The number of carbonyl (C=O) groups is 1. The largest absolute Gasteiger partial charge is 0.480 e. The lowest BCUT2D eigenvalue weighted by Crippen LogP contribution is -2.48. The Morgan fingerprint density at radius 2 is 2.36 bits per heavy atom. The Balaban J connectivity index is 1.56. The highest BCUT2D eigenvalue weighted by Crippen LogP contribution is 2.40. The third kappa shape index (κ3) is 3.33. The number of morpholine rings is 1. The van der Waals surface area contributed by atoms with E-state index in [-0.39, 0.29) is 12.6 Å². The minimum atomic E-state index is -0.818. The molecule has 0 saturated carbocycles. The fraction of sp³-hybridized carbons (Fsp3) is 0.588. The number of aromatic nitrogens is 2. The number of nitrogens with zero attached hydrogens (tertiary/aromatic N) is 4. The number of fused-ring (bicyclic) bond motifs is 3. The van der Waals surface area contributed by atoms with Gasteiger partial charge in [0, 0.05) is 24.5 Å². The third-order valence-corrected chi connectivity index (χ3v) is 6.04. The average Bonchev–Trinajstić information content (AvgIpc) is 3.14. The lowest BCUT2D eigenvalue weighted by atomic mass is 10.1. The van der Waals surface area contributed by atoms with Crippen LogP contribution in [0.4, 0.5) is 5.82 Å². The Morgan fingerprint density at radius 3 is 3.20 bits per heavy atom. The van der Waals surface area contributed by atoms with Gasteiger partial charge in [-0.2, -0.15) is 0 Å². The monoisotopic (exact) mass is 362 g/mol. The number of rotatable bonds is 5. The summed E-state index contributed by atoms with van der Waals surface area (Å²) >= 11 is 1.80. The van der Waals surface area contributed by atoms with Gasteiger partial charge < -0.3 is 14.7 Å². The molecule has 1 N–H and O–H groups in total. The van der Waals surface area contributed by atoms with Crippen molar-refractivity contribution in [3.8, 4) is 0 Å². The lowest BCUT2D eigenvalue weighted by Gasteiger charge is -2.35.